The van der Waals surface area contributed by atoms with Gasteiger partial charge in [-0.3, -0.25) is 19.0 Å². The molecule has 1 aromatic carbocycles. The van der Waals surface area contributed by atoms with Crippen molar-refractivity contribution < 1.29 is 14.7 Å². The number of likely N-dealkylation sites (tertiary alicyclic amines) is 1. The van der Waals surface area contributed by atoms with E-state index in [9.17, 15) is 19.5 Å². The van der Waals surface area contributed by atoms with Gasteiger partial charge < -0.3 is 20.2 Å². The first kappa shape index (κ1) is 24.4. The minimum atomic E-state index is -1.08. The third kappa shape index (κ3) is 6.64. The number of aromatic nitrogens is 2. The molecule has 0 unspecified atom stereocenters. The van der Waals surface area contributed by atoms with Crippen molar-refractivity contribution in [3.63, 3.8) is 0 Å². The summed E-state index contributed by atoms with van der Waals surface area (Å²) in [4.78, 5) is 44.3. The van der Waals surface area contributed by atoms with Crippen molar-refractivity contribution in [1.29, 1.82) is 0 Å². The first-order valence-corrected chi connectivity index (χ1v) is 11.2. The van der Waals surface area contributed by atoms with Crippen molar-refractivity contribution in [2.75, 3.05) is 39.0 Å². The van der Waals surface area contributed by atoms with E-state index in [1.807, 2.05) is 37.3 Å². The maximum atomic E-state index is 12.7. The lowest BCUT2D eigenvalue weighted by molar-refractivity contribution is -0.136. The second-order valence-electron chi connectivity index (χ2n) is 9.00. The van der Waals surface area contributed by atoms with Crippen LogP contribution in [0.2, 0.25) is 0 Å². The Morgan fingerprint density at radius 3 is 2.48 bits per heavy atom. The SMILES string of the molecule is C[C@H](CC(=O)N1CCC(O)(Cn2cnc(NCC(=O)N(C)C)cc2=O)CC1)c1ccccc1. The summed E-state index contributed by atoms with van der Waals surface area (Å²) in [6.07, 6.45) is 2.59. The van der Waals surface area contributed by atoms with E-state index in [4.69, 9.17) is 0 Å². The molecule has 33 heavy (non-hydrogen) atoms. The first-order chi connectivity index (χ1) is 15.7. The summed E-state index contributed by atoms with van der Waals surface area (Å²) < 4.78 is 1.37. The molecule has 0 radical (unpaired) electrons. The van der Waals surface area contributed by atoms with Crippen molar-refractivity contribution in [2.24, 2.45) is 0 Å². The standard InChI is InChI=1S/C24H33N5O4/c1-18(19-7-5-4-6-8-19)13-21(30)28-11-9-24(33,10-12-28)16-29-17-26-20(14-22(29)31)25-15-23(32)27(2)3/h4-8,14,17-18,25,33H,9-13,15-16H2,1-3H3/t18-/m1/s1. The van der Waals surface area contributed by atoms with E-state index in [0.29, 0.717) is 38.2 Å². The molecule has 1 aliphatic rings. The number of aliphatic hydroxyl groups is 1. The number of amides is 2. The lowest BCUT2D eigenvalue weighted by Gasteiger charge is -2.38. The van der Waals surface area contributed by atoms with Crippen LogP contribution in [0.5, 0.6) is 0 Å². The molecule has 9 heteroatoms. The minimum Gasteiger partial charge on any atom is -0.388 e. The molecule has 1 atom stereocenters. The van der Waals surface area contributed by atoms with Crippen LogP contribution in [-0.4, -0.2) is 75.6 Å². The summed E-state index contributed by atoms with van der Waals surface area (Å²) in [5, 5.41) is 13.9. The van der Waals surface area contributed by atoms with Crippen LogP contribution in [0.4, 0.5) is 5.82 Å². The van der Waals surface area contributed by atoms with Crippen molar-refractivity contribution in [2.45, 2.75) is 44.2 Å². The number of nitrogens with zero attached hydrogens (tertiary/aromatic N) is 4. The van der Waals surface area contributed by atoms with E-state index in [2.05, 4.69) is 10.3 Å². The van der Waals surface area contributed by atoms with Gasteiger partial charge in [-0.05, 0) is 24.3 Å². The molecular formula is C24H33N5O4. The Morgan fingerprint density at radius 1 is 1.21 bits per heavy atom. The lowest BCUT2D eigenvalue weighted by atomic mass is 9.90. The summed E-state index contributed by atoms with van der Waals surface area (Å²) >= 11 is 0. The van der Waals surface area contributed by atoms with Crippen LogP contribution < -0.4 is 10.9 Å². The molecule has 0 bridgehead atoms. The van der Waals surface area contributed by atoms with Gasteiger partial charge in [0.05, 0.1) is 25.0 Å². The predicted octanol–water partition coefficient (Wildman–Crippen LogP) is 1.29. The summed E-state index contributed by atoms with van der Waals surface area (Å²) in [7, 11) is 3.30. The van der Waals surface area contributed by atoms with Crippen LogP contribution >= 0.6 is 0 Å². The molecule has 178 valence electrons. The Bertz CT molecular complexity index is 1010. The van der Waals surface area contributed by atoms with Crippen LogP contribution in [0.3, 0.4) is 0 Å². The van der Waals surface area contributed by atoms with Gasteiger partial charge in [-0.25, -0.2) is 4.98 Å². The van der Waals surface area contributed by atoms with Gasteiger partial charge in [0.1, 0.15) is 5.82 Å². The minimum absolute atomic E-state index is 0.0418. The smallest absolute Gasteiger partial charge is 0.255 e. The van der Waals surface area contributed by atoms with E-state index >= 15 is 0 Å². The molecule has 9 nitrogen and oxygen atoms in total. The van der Waals surface area contributed by atoms with Gasteiger partial charge in [0, 0.05) is 39.7 Å². The monoisotopic (exact) mass is 455 g/mol. The van der Waals surface area contributed by atoms with Crippen molar-refractivity contribution in [1.82, 2.24) is 19.4 Å². The van der Waals surface area contributed by atoms with Crippen LogP contribution in [0.1, 0.15) is 37.7 Å². The molecule has 0 spiro atoms. The van der Waals surface area contributed by atoms with Crippen molar-refractivity contribution >= 4 is 17.6 Å². The Hall–Kier alpha value is -3.20. The molecule has 1 aliphatic heterocycles. The van der Waals surface area contributed by atoms with Gasteiger partial charge in [-0.1, -0.05) is 37.3 Å². The zero-order chi connectivity index (χ0) is 24.0. The number of hydrogen-bond donors (Lipinski definition) is 2. The molecule has 3 rings (SSSR count). The van der Waals surface area contributed by atoms with Gasteiger partial charge in [-0.2, -0.15) is 0 Å². The van der Waals surface area contributed by atoms with E-state index in [1.54, 1.807) is 19.0 Å². The molecule has 0 saturated carbocycles. The second kappa shape index (κ2) is 10.6. The summed E-state index contributed by atoms with van der Waals surface area (Å²) in [6, 6.07) is 11.3. The number of anilines is 1. The lowest BCUT2D eigenvalue weighted by Crippen LogP contribution is -2.49. The fourth-order valence-corrected chi connectivity index (χ4v) is 3.90. The normalized spacial score (nSPS) is 16.2. The fraction of sp³-hybridized carbons (Fsp3) is 0.500. The Kier molecular flexibility index (Phi) is 7.86. The largest absolute Gasteiger partial charge is 0.388 e. The molecule has 2 amide bonds. The van der Waals surface area contributed by atoms with Crippen molar-refractivity contribution in [3.8, 4) is 0 Å². The highest BCUT2D eigenvalue weighted by Gasteiger charge is 2.34. The second-order valence-corrected chi connectivity index (χ2v) is 9.00. The summed E-state index contributed by atoms with van der Waals surface area (Å²) in [5.41, 5.74) is -0.257. The predicted molar refractivity (Wildman–Crippen MR) is 126 cm³/mol. The van der Waals surface area contributed by atoms with Crippen molar-refractivity contribution in [3.05, 3.63) is 58.6 Å². The Labute approximate surface area is 194 Å². The Morgan fingerprint density at radius 2 is 1.88 bits per heavy atom. The van der Waals surface area contributed by atoms with Crippen LogP contribution in [0.15, 0.2) is 47.5 Å². The van der Waals surface area contributed by atoms with Crippen LogP contribution in [-0.2, 0) is 16.1 Å². The molecule has 1 aromatic heterocycles. The average molecular weight is 456 g/mol. The van der Waals surface area contributed by atoms with Crippen LogP contribution in [0.25, 0.3) is 0 Å². The summed E-state index contributed by atoms with van der Waals surface area (Å²) in [6.45, 7) is 3.09. The number of nitrogens with one attached hydrogen (secondary N) is 1. The molecule has 1 fully saturated rings. The zero-order valence-corrected chi connectivity index (χ0v) is 19.5. The highest BCUT2D eigenvalue weighted by molar-refractivity contribution is 5.80. The molecule has 2 heterocycles. The molecule has 2 aromatic rings. The fourth-order valence-electron chi connectivity index (χ4n) is 3.90. The number of hydrogen-bond acceptors (Lipinski definition) is 6. The number of likely N-dealkylation sites (N-methyl/N-ethyl adjacent to an activating group) is 1. The van der Waals surface area contributed by atoms with E-state index in [0.717, 1.165) is 5.56 Å². The van der Waals surface area contributed by atoms with Gasteiger partial charge in [0.2, 0.25) is 11.8 Å². The van der Waals surface area contributed by atoms with Gasteiger partial charge >= 0.3 is 0 Å². The average Bonchev–Trinajstić information content (AvgIpc) is 2.80. The highest BCUT2D eigenvalue weighted by Crippen LogP contribution is 2.26. The molecular weight excluding hydrogens is 422 g/mol. The topological polar surface area (TPSA) is 108 Å². The van der Waals surface area contributed by atoms with Gasteiger partial charge in [0.25, 0.3) is 5.56 Å². The van der Waals surface area contributed by atoms with E-state index in [1.165, 1.54) is 21.9 Å². The molecule has 2 N–H and O–H groups in total. The van der Waals surface area contributed by atoms with Gasteiger partial charge in [-0.15, -0.1) is 0 Å². The number of piperidine rings is 1. The molecule has 0 aliphatic carbocycles. The maximum Gasteiger partial charge on any atom is 0.255 e. The molecule has 1 saturated heterocycles. The van der Waals surface area contributed by atoms with Crippen LogP contribution in [0, 0.1) is 0 Å². The first-order valence-electron chi connectivity index (χ1n) is 11.2. The van der Waals surface area contributed by atoms with E-state index < -0.39 is 5.60 Å². The maximum absolute atomic E-state index is 12.7. The third-order valence-electron chi connectivity index (χ3n) is 6.16. The van der Waals surface area contributed by atoms with E-state index in [-0.39, 0.29) is 36.4 Å². The quantitative estimate of drug-likeness (QED) is 0.621. The zero-order valence-electron chi connectivity index (χ0n) is 19.5. The Balaban J connectivity index is 1.52. The van der Waals surface area contributed by atoms with Gasteiger partial charge in [0.15, 0.2) is 0 Å². The number of benzene rings is 1. The highest BCUT2D eigenvalue weighted by atomic mass is 16.3. The number of carbonyl (C=O) groups is 2. The number of rotatable bonds is 8. The number of carbonyl (C=O) groups excluding carboxylic acids is 2. The third-order valence-corrected chi connectivity index (χ3v) is 6.16. The summed E-state index contributed by atoms with van der Waals surface area (Å²) in [5.74, 6) is 0.389.